The van der Waals surface area contributed by atoms with Crippen molar-refractivity contribution in [3.63, 3.8) is 0 Å². The molecule has 0 spiro atoms. The molecule has 0 aromatic heterocycles. The van der Waals surface area contributed by atoms with E-state index in [1.165, 1.54) is 51.4 Å². The summed E-state index contributed by atoms with van der Waals surface area (Å²) in [4.78, 5) is 19.1. The second-order valence-corrected chi connectivity index (χ2v) is 6.29. The van der Waals surface area contributed by atoms with Crippen LogP contribution in [0.4, 0.5) is 0 Å². The van der Waals surface area contributed by atoms with Crippen molar-refractivity contribution >= 4 is 11.9 Å². The molecule has 2 fully saturated rings. The van der Waals surface area contributed by atoms with Crippen LogP contribution in [0.5, 0.6) is 0 Å². The van der Waals surface area contributed by atoms with Gasteiger partial charge in [-0.3, -0.25) is 0 Å². The summed E-state index contributed by atoms with van der Waals surface area (Å²) in [5, 5.41) is 28.8. The van der Waals surface area contributed by atoms with E-state index < -0.39 is 11.9 Å². The number of carboxylic acid groups (broad SMARTS) is 2. The van der Waals surface area contributed by atoms with Crippen molar-refractivity contribution in [2.75, 3.05) is 13.2 Å². The van der Waals surface area contributed by atoms with Gasteiger partial charge in [0.25, 0.3) is 0 Å². The molecule has 0 aliphatic heterocycles. The summed E-state index contributed by atoms with van der Waals surface area (Å²) in [5.41, 5.74) is 0. The van der Waals surface area contributed by atoms with Crippen LogP contribution in [0.2, 0.25) is 0 Å². The predicted octanol–water partition coefficient (Wildman–Crippen LogP) is 1.55. The molecule has 24 heavy (non-hydrogen) atoms. The summed E-state index contributed by atoms with van der Waals surface area (Å²) in [7, 11) is 0. The Morgan fingerprint density at radius 2 is 1.50 bits per heavy atom. The first-order valence-corrected chi connectivity index (χ1v) is 8.64. The fraction of sp³-hybridized carbons (Fsp3) is 0.765. The van der Waals surface area contributed by atoms with Crippen LogP contribution in [-0.2, 0) is 14.3 Å². The maximum atomic E-state index is 9.78. The van der Waals surface area contributed by atoms with Crippen molar-refractivity contribution < 1.29 is 29.6 Å². The standard InChI is InChI=1S/C13H25NO2.C4H4O4/c15-12(9-14-11-5-1-2-6-11)10-16-13-7-3-4-8-13;5-3(6)1-2-4(7)8/h11-15H,1-10H2;1-2H,(H,5,6)(H,7,8)/b;2-1+. The highest BCUT2D eigenvalue weighted by molar-refractivity contribution is 5.89. The Labute approximate surface area is 142 Å². The molecule has 0 saturated heterocycles. The summed E-state index contributed by atoms with van der Waals surface area (Å²) in [6.07, 6.45) is 11.4. The van der Waals surface area contributed by atoms with Gasteiger partial charge in [-0.25, -0.2) is 9.59 Å². The van der Waals surface area contributed by atoms with Crippen LogP contribution in [-0.4, -0.2) is 58.7 Å². The number of aliphatic hydroxyl groups excluding tert-OH is 1. The summed E-state index contributed by atoms with van der Waals surface area (Å²) >= 11 is 0. The van der Waals surface area contributed by atoms with Crippen LogP contribution >= 0.6 is 0 Å². The minimum absolute atomic E-state index is 0.332. The fourth-order valence-electron chi connectivity index (χ4n) is 2.94. The smallest absolute Gasteiger partial charge is 0.328 e. The van der Waals surface area contributed by atoms with E-state index in [4.69, 9.17) is 14.9 Å². The van der Waals surface area contributed by atoms with Gasteiger partial charge in [0.1, 0.15) is 0 Å². The SMILES string of the molecule is O=C(O)/C=C/C(=O)O.OC(CNC1CCCC1)COC1CCCC1. The van der Waals surface area contributed by atoms with E-state index in [2.05, 4.69) is 5.32 Å². The molecule has 0 aromatic rings. The maximum absolute atomic E-state index is 9.78. The molecule has 7 nitrogen and oxygen atoms in total. The van der Waals surface area contributed by atoms with E-state index >= 15 is 0 Å². The Hall–Kier alpha value is -1.44. The number of ether oxygens (including phenoxy) is 1. The van der Waals surface area contributed by atoms with E-state index in [1.807, 2.05) is 0 Å². The van der Waals surface area contributed by atoms with Gasteiger partial charge >= 0.3 is 11.9 Å². The highest BCUT2D eigenvalue weighted by Gasteiger charge is 2.18. The monoisotopic (exact) mass is 343 g/mol. The Morgan fingerprint density at radius 1 is 1.00 bits per heavy atom. The van der Waals surface area contributed by atoms with Gasteiger partial charge in [0, 0.05) is 24.7 Å². The van der Waals surface area contributed by atoms with Crippen molar-refractivity contribution in [3.8, 4) is 0 Å². The average molecular weight is 343 g/mol. The quantitative estimate of drug-likeness (QED) is 0.494. The molecule has 2 rings (SSSR count). The van der Waals surface area contributed by atoms with Crippen LogP contribution < -0.4 is 5.32 Å². The van der Waals surface area contributed by atoms with Crippen LogP contribution in [0.25, 0.3) is 0 Å². The zero-order chi connectivity index (χ0) is 17.8. The van der Waals surface area contributed by atoms with Gasteiger partial charge in [0.05, 0.1) is 18.8 Å². The fourth-order valence-corrected chi connectivity index (χ4v) is 2.94. The van der Waals surface area contributed by atoms with Crippen molar-refractivity contribution in [2.45, 2.75) is 69.6 Å². The second-order valence-electron chi connectivity index (χ2n) is 6.29. The topological polar surface area (TPSA) is 116 Å². The molecule has 138 valence electrons. The minimum Gasteiger partial charge on any atom is -0.478 e. The molecule has 2 saturated carbocycles. The van der Waals surface area contributed by atoms with Gasteiger partial charge < -0.3 is 25.4 Å². The number of carboxylic acids is 2. The molecule has 2 aliphatic rings. The average Bonchev–Trinajstić information content (AvgIpc) is 3.22. The van der Waals surface area contributed by atoms with Gasteiger partial charge in [0.15, 0.2) is 0 Å². The van der Waals surface area contributed by atoms with E-state index in [1.54, 1.807) is 0 Å². The lowest BCUT2D eigenvalue weighted by atomic mass is 10.2. The Kier molecular flexibility index (Phi) is 10.3. The molecule has 0 amide bonds. The van der Waals surface area contributed by atoms with E-state index in [0.29, 0.717) is 37.4 Å². The third-order valence-corrected chi connectivity index (χ3v) is 4.19. The first-order chi connectivity index (χ1) is 11.5. The number of carbonyl (C=O) groups is 2. The molecule has 0 bridgehead atoms. The van der Waals surface area contributed by atoms with Crippen LogP contribution in [0.15, 0.2) is 12.2 Å². The van der Waals surface area contributed by atoms with Crippen molar-refractivity contribution in [2.24, 2.45) is 0 Å². The minimum atomic E-state index is -1.26. The number of hydrogen-bond acceptors (Lipinski definition) is 5. The lowest BCUT2D eigenvalue weighted by molar-refractivity contribution is -0.134. The molecule has 1 unspecified atom stereocenters. The molecule has 7 heteroatoms. The van der Waals surface area contributed by atoms with E-state index in [9.17, 15) is 14.7 Å². The Balaban J connectivity index is 0.000000307. The normalized spacial score (nSPS) is 20.0. The zero-order valence-electron chi connectivity index (χ0n) is 14.0. The summed E-state index contributed by atoms with van der Waals surface area (Å²) in [5.74, 6) is -2.51. The molecular weight excluding hydrogens is 314 g/mol. The lowest BCUT2D eigenvalue weighted by Gasteiger charge is -2.18. The van der Waals surface area contributed by atoms with Crippen molar-refractivity contribution in [1.29, 1.82) is 0 Å². The lowest BCUT2D eigenvalue weighted by Crippen LogP contribution is -2.36. The Morgan fingerprint density at radius 3 is 2.00 bits per heavy atom. The predicted molar refractivity (Wildman–Crippen MR) is 88.9 cm³/mol. The zero-order valence-corrected chi connectivity index (χ0v) is 14.0. The first kappa shape index (κ1) is 20.6. The summed E-state index contributed by atoms with van der Waals surface area (Å²) in [6.45, 7) is 1.20. The molecule has 2 aliphatic carbocycles. The highest BCUT2D eigenvalue weighted by Crippen LogP contribution is 2.21. The Bertz CT molecular complexity index is 364. The number of hydrogen-bond donors (Lipinski definition) is 4. The van der Waals surface area contributed by atoms with Gasteiger partial charge in [0.2, 0.25) is 0 Å². The first-order valence-electron chi connectivity index (χ1n) is 8.64. The van der Waals surface area contributed by atoms with E-state index in [-0.39, 0.29) is 6.10 Å². The van der Waals surface area contributed by atoms with Crippen molar-refractivity contribution in [1.82, 2.24) is 5.32 Å². The molecule has 4 N–H and O–H groups in total. The highest BCUT2D eigenvalue weighted by atomic mass is 16.5. The van der Waals surface area contributed by atoms with Gasteiger partial charge in [-0.05, 0) is 25.7 Å². The maximum Gasteiger partial charge on any atom is 0.328 e. The summed E-state index contributed by atoms with van der Waals surface area (Å²) < 4.78 is 5.69. The van der Waals surface area contributed by atoms with Crippen LogP contribution in [0, 0.1) is 0 Å². The van der Waals surface area contributed by atoms with Gasteiger partial charge in [-0.15, -0.1) is 0 Å². The molecule has 1 atom stereocenters. The number of nitrogens with one attached hydrogen (secondary N) is 1. The third kappa shape index (κ3) is 10.4. The van der Waals surface area contributed by atoms with Crippen molar-refractivity contribution in [3.05, 3.63) is 12.2 Å². The molecule has 0 heterocycles. The largest absolute Gasteiger partial charge is 0.478 e. The molecule has 0 radical (unpaired) electrons. The molecular formula is C17H29NO6. The van der Waals surface area contributed by atoms with Gasteiger partial charge in [-0.2, -0.15) is 0 Å². The van der Waals surface area contributed by atoms with E-state index in [0.717, 1.165) is 0 Å². The third-order valence-electron chi connectivity index (χ3n) is 4.19. The summed E-state index contributed by atoms with van der Waals surface area (Å²) in [6, 6.07) is 0.640. The van der Waals surface area contributed by atoms with Crippen LogP contribution in [0.3, 0.4) is 0 Å². The van der Waals surface area contributed by atoms with Gasteiger partial charge in [-0.1, -0.05) is 25.7 Å². The number of aliphatic hydroxyl groups is 1. The number of aliphatic carboxylic acids is 2. The van der Waals surface area contributed by atoms with Crippen LogP contribution in [0.1, 0.15) is 51.4 Å². The number of rotatable bonds is 8. The second kappa shape index (κ2) is 12.0. The molecule has 0 aromatic carbocycles.